The number of hydrogen-bond donors (Lipinski definition) is 1. The summed E-state index contributed by atoms with van der Waals surface area (Å²) in [5, 5.41) is 1.27. The molecule has 1 heterocycles. The van der Waals surface area contributed by atoms with Gasteiger partial charge < -0.3 is 9.72 Å². The van der Waals surface area contributed by atoms with Gasteiger partial charge in [0.2, 0.25) is 0 Å². The zero-order valence-corrected chi connectivity index (χ0v) is 11.8. The zero-order valence-electron chi connectivity index (χ0n) is 11.0. The van der Waals surface area contributed by atoms with Gasteiger partial charge in [-0.15, -0.1) is 0 Å². The maximum Gasteiger partial charge on any atom is 0.308 e. The first-order valence-electron chi connectivity index (χ1n) is 6.60. The Bertz CT molecular complexity index is 700. The number of nitrogens with one attached hydrogen (secondary N) is 1. The third kappa shape index (κ3) is 2.20. The molecule has 1 fully saturated rings. The number of ether oxygens (including phenoxy) is 1. The molecule has 104 valence electrons. The standard InChI is InChI=1S/C15H14ClNO3/c1-8(18)20-15-11-6-5-10(16)7-12(11)17-13(15)14(19)9-3-2-4-9/h5-7,9,17H,2-4H2,1H3. The topological polar surface area (TPSA) is 59.2 Å². The van der Waals surface area contributed by atoms with E-state index in [0.29, 0.717) is 27.4 Å². The van der Waals surface area contributed by atoms with Crippen molar-refractivity contribution in [1.82, 2.24) is 4.98 Å². The van der Waals surface area contributed by atoms with Crippen molar-refractivity contribution in [2.24, 2.45) is 5.92 Å². The van der Waals surface area contributed by atoms with E-state index >= 15 is 0 Å². The highest BCUT2D eigenvalue weighted by Crippen LogP contribution is 2.37. The molecule has 0 atom stereocenters. The Labute approximate surface area is 121 Å². The van der Waals surface area contributed by atoms with Crippen molar-refractivity contribution in [2.75, 3.05) is 0 Å². The summed E-state index contributed by atoms with van der Waals surface area (Å²) in [4.78, 5) is 26.8. The number of rotatable bonds is 3. The van der Waals surface area contributed by atoms with Gasteiger partial charge in [0.25, 0.3) is 0 Å². The van der Waals surface area contributed by atoms with Crippen molar-refractivity contribution in [3.63, 3.8) is 0 Å². The lowest BCUT2D eigenvalue weighted by molar-refractivity contribution is -0.131. The molecule has 0 saturated heterocycles. The van der Waals surface area contributed by atoms with E-state index in [4.69, 9.17) is 16.3 Å². The van der Waals surface area contributed by atoms with Gasteiger partial charge in [0, 0.05) is 23.3 Å². The van der Waals surface area contributed by atoms with E-state index in [9.17, 15) is 9.59 Å². The Morgan fingerprint density at radius 3 is 2.70 bits per heavy atom. The molecule has 1 aromatic heterocycles. The summed E-state index contributed by atoms with van der Waals surface area (Å²) >= 11 is 5.95. The molecule has 1 saturated carbocycles. The monoisotopic (exact) mass is 291 g/mol. The van der Waals surface area contributed by atoms with Crippen LogP contribution in [0.15, 0.2) is 18.2 Å². The van der Waals surface area contributed by atoms with E-state index in [0.717, 1.165) is 19.3 Å². The molecule has 2 aromatic rings. The van der Waals surface area contributed by atoms with Crippen molar-refractivity contribution >= 4 is 34.3 Å². The first-order chi connectivity index (χ1) is 9.56. The Balaban J connectivity index is 2.12. The normalized spacial score (nSPS) is 15.1. The molecule has 0 radical (unpaired) electrons. The number of fused-ring (bicyclic) bond motifs is 1. The number of hydrogen-bond acceptors (Lipinski definition) is 3. The van der Waals surface area contributed by atoms with Crippen LogP contribution >= 0.6 is 11.6 Å². The molecular weight excluding hydrogens is 278 g/mol. The molecule has 3 rings (SSSR count). The van der Waals surface area contributed by atoms with Crippen LogP contribution in [0.3, 0.4) is 0 Å². The van der Waals surface area contributed by atoms with Gasteiger partial charge in [0.15, 0.2) is 11.5 Å². The summed E-state index contributed by atoms with van der Waals surface area (Å²) in [5.41, 5.74) is 1.08. The number of aromatic amines is 1. The van der Waals surface area contributed by atoms with Crippen LogP contribution in [0.5, 0.6) is 5.75 Å². The van der Waals surface area contributed by atoms with E-state index in [-0.39, 0.29) is 11.7 Å². The summed E-state index contributed by atoms with van der Waals surface area (Å²) in [5.74, 6) is -0.0720. The Hall–Kier alpha value is -1.81. The number of benzene rings is 1. The van der Waals surface area contributed by atoms with Gasteiger partial charge in [-0.25, -0.2) is 0 Å². The fourth-order valence-electron chi connectivity index (χ4n) is 2.44. The molecule has 1 N–H and O–H groups in total. The van der Waals surface area contributed by atoms with Gasteiger partial charge in [0.05, 0.1) is 5.52 Å². The largest absolute Gasteiger partial charge is 0.424 e. The Kier molecular flexibility index (Phi) is 3.26. The van der Waals surface area contributed by atoms with E-state index in [1.807, 2.05) is 0 Å². The van der Waals surface area contributed by atoms with Gasteiger partial charge in [-0.05, 0) is 31.0 Å². The minimum absolute atomic E-state index is 0.0137. The second-order valence-corrected chi connectivity index (χ2v) is 5.54. The fraction of sp³-hybridized carbons (Fsp3) is 0.333. The number of halogens is 1. The quantitative estimate of drug-likeness (QED) is 0.692. The predicted octanol–water partition coefficient (Wildman–Crippen LogP) is 3.73. The van der Waals surface area contributed by atoms with Gasteiger partial charge in [0.1, 0.15) is 5.69 Å². The zero-order chi connectivity index (χ0) is 14.3. The third-order valence-corrected chi connectivity index (χ3v) is 3.92. The van der Waals surface area contributed by atoms with Crippen LogP contribution in [0.2, 0.25) is 5.02 Å². The van der Waals surface area contributed by atoms with E-state index in [1.165, 1.54) is 6.92 Å². The maximum absolute atomic E-state index is 12.4. The highest BCUT2D eigenvalue weighted by Gasteiger charge is 2.31. The highest BCUT2D eigenvalue weighted by atomic mass is 35.5. The molecule has 0 aliphatic heterocycles. The SMILES string of the molecule is CC(=O)Oc1c(C(=O)C2CCC2)[nH]c2cc(Cl)ccc12. The molecule has 4 nitrogen and oxygen atoms in total. The molecule has 1 aliphatic rings. The first kappa shape index (κ1) is 13.2. The second kappa shape index (κ2) is 4.94. The van der Waals surface area contributed by atoms with Crippen LogP contribution in [-0.2, 0) is 4.79 Å². The van der Waals surface area contributed by atoms with Crippen LogP contribution in [0.25, 0.3) is 10.9 Å². The molecule has 0 amide bonds. The highest BCUT2D eigenvalue weighted by molar-refractivity contribution is 6.31. The number of ketones is 1. The molecule has 0 bridgehead atoms. The number of esters is 1. The average Bonchev–Trinajstić information content (AvgIpc) is 2.64. The smallest absolute Gasteiger partial charge is 0.308 e. The number of aromatic nitrogens is 1. The summed E-state index contributed by atoms with van der Waals surface area (Å²) in [6.07, 6.45) is 2.87. The average molecular weight is 292 g/mol. The summed E-state index contributed by atoms with van der Waals surface area (Å²) in [7, 11) is 0. The summed E-state index contributed by atoms with van der Waals surface area (Å²) in [6.45, 7) is 1.33. The van der Waals surface area contributed by atoms with Crippen molar-refractivity contribution in [3.05, 3.63) is 28.9 Å². The number of carbonyl (C=O) groups is 2. The molecule has 1 aromatic carbocycles. The Morgan fingerprint density at radius 2 is 2.10 bits per heavy atom. The van der Waals surface area contributed by atoms with Crippen molar-refractivity contribution < 1.29 is 14.3 Å². The lowest BCUT2D eigenvalue weighted by atomic mass is 9.81. The van der Waals surface area contributed by atoms with Crippen LogP contribution in [0.1, 0.15) is 36.7 Å². The van der Waals surface area contributed by atoms with Crippen LogP contribution in [-0.4, -0.2) is 16.7 Å². The summed E-state index contributed by atoms with van der Waals surface area (Å²) in [6, 6.07) is 5.19. The third-order valence-electron chi connectivity index (χ3n) is 3.68. The predicted molar refractivity (Wildman–Crippen MR) is 76.3 cm³/mol. The van der Waals surface area contributed by atoms with Crippen molar-refractivity contribution in [3.8, 4) is 5.75 Å². The Morgan fingerprint density at radius 1 is 1.35 bits per heavy atom. The minimum atomic E-state index is -0.441. The molecule has 20 heavy (non-hydrogen) atoms. The van der Waals surface area contributed by atoms with Crippen molar-refractivity contribution in [1.29, 1.82) is 0 Å². The van der Waals surface area contributed by atoms with Gasteiger partial charge >= 0.3 is 5.97 Å². The lowest BCUT2D eigenvalue weighted by Crippen LogP contribution is -2.23. The first-order valence-corrected chi connectivity index (χ1v) is 6.98. The van der Waals surface area contributed by atoms with Gasteiger partial charge in [-0.2, -0.15) is 0 Å². The number of H-pyrrole nitrogens is 1. The molecule has 0 unspecified atom stereocenters. The molecule has 1 aliphatic carbocycles. The van der Waals surface area contributed by atoms with Crippen LogP contribution in [0, 0.1) is 5.92 Å². The van der Waals surface area contributed by atoms with E-state index < -0.39 is 5.97 Å². The maximum atomic E-state index is 12.4. The van der Waals surface area contributed by atoms with E-state index in [1.54, 1.807) is 18.2 Å². The number of Topliss-reactive ketones (excluding diaryl/α,β-unsaturated/α-hetero) is 1. The molecule has 5 heteroatoms. The van der Waals surface area contributed by atoms with E-state index in [2.05, 4.69) is 4.98 Å². The van der Waals surface area contributed by atoms with Gasteiger partial charge in [-0.3, -0.25) is 9.59 Å². The lowest BCUT2D eigenvalue weighted by Gasteiger charge is -2.23. The van der Waals surface area contributed by atoms with Crippen molar-refractivity contribution in [2.45, 2.75) is 26.2 Å². The molecular formula is C15H14ClNO3. The number of carbonyl (C=O) groups excluding carboxylic acids is 2. The van der Waals surface area contributed by atoms with Crippen LogP contribution in [0.4, 0.5) is 0 Å². The van der Waals surface area contributed by atoms with Crippen LogP contribution < -0.4 is 4.74 Å². The molecule has 0 spiro atoms. The second-order valence-electron chi connectivity index (χ2n) is 5.10. The summed E-state index contributed by atoms with van der Waals surface area (Å²) < 4.78 is 5.24. The van der Waals surface area contributed by atoms with Gasteiger partial charge in [-0.1, -0.05) is 18.0 Å². The minimum Gasteiger partial charge on any atom is -0.424 e. The fourth-order valence-corrected chi connectivity index (χ4v) is 2.61.